The van der Waals surface area contributed by atoms with Crippen molar-refractivity contribution in [3.63, 3.8) is 0 Å². The minimum Gasteiger partial charge on any atom is -0.508 e. The van der Waals surface area contributed by atoms with Crippen molar-refractivity contribution in [2.24, 2.45) is 5.92 Å². The van der Waals surface area contributed by atoms with E-state index in [4.69, 9.17) is 4.74 Å². The van der Waals surface area contributed by atoms with Gasteiger partial charge in [-0.05, 0) is 50.4 Å². The first-order valence-corrected chi connectivity index (χ1v) is 8.49. The van der Waals surface area contributed by atoms with Crippen molar-refractivity contribution in [1.29, 1.82) is 0 Å². The maximum atomic E-state index is 10.3. The topological polar surface area (TPSA) is 53.5 Å². The summed E-state index contributed by atoms with van der Waals surface area (Å²) in [4.78, 5) is 0. The van der Waals surface area contributed by atoms with Gasteiger partial charge < -0.3 is 20.5 Å². The van der Waals surface area contributed by atoms with Crippen molar-refractivity contribution in [3.8, 4) is 11.5 Å². The smallest absolute Gasteiger partial charge is 0.124 e. The minimum absolute atomic E-state index is 0.173. The third kappa shape index (κ3) is 3.39. The summed E-state index contributed by atoms with van der Waals surface area (Å²) in [7, 11) is 1.70. The molecule has 1 aromatic carbocycles. The fourth-order valence-electron chi connectivity index (χ4n) is 3.48. The Morgan fingerprint density at radius 3 is 2.50 bits per heavy atom. The van der Waals surface area contributed by atoms with Crippen molar-refractivity contribution >= 4 is 0 Å². The van der Waals surface area contributed by atoms with E-state index in [9.17, 15) is 5.11 Å². The summed E-state index contributed by atoms with van der Waals surface area (Å²) in [6, 6.07) is 4.16. The molecule has 0 saturated carbocycles. The number of rotatable bonds is 7. The third-order valence-electron chi connectivity index (χ3n) is 4.57. The Morgan fingerprint density at radius 1 is 1.18 bits per heavy atom. The lowest BCUT2D eigenvalue weighted by Gasteiger charge is -2.40. The van der Waals surface area contributed by atoms with E-state index in [2.05, 4.69) is 31.4 Å². The van der Waals surface area contributed by atoms with Gasteiger partial charge in [0, 0.05) is 17.2 Å². The summed E-state index contributed by atoms with van der Waals surface area (Å²) in [5.74, 6) is 1.72. The molecule has 124 valence electrons. The van der Waals surface area contributed by atoms with E-state index < -0.39 is 0 Å². The second-order valence-corrected chi connectivity index (χ2v) is 6.27. The van der Waals surface area contributed by atoms with Gasteiger partial charge in [-0.15, -0.1) is 0 Å². The highest BCUT2D eigenvalue weighted by molar-refractivity contribution is 5.52. The molecule has 1 aromatic rings. The van der Waals surface area contributed by atoms with Gasteiger partial charge in [0.1, 0.15) is 11.5 Å². The first kappa shape index (κ1) is 17.1. The molecular formula is C18H30N2O2. The van der Waals surface area contributed by atoms with Gasteiger partial charge in [-0.2, -0.15) is 0 Å². The van der Waals surface area contributed by atoms with Crippen LogP contribution in [0, 0.1) is 5.92 Å². The molecule has 2 rings (SSSR count). The van der Waals surface area contributed by atoms with Crippen molar-refractivity contribution in [3.05, 3.63) is 23.3 Å². The van der Waals surface area contributed by atoms with Crippen LogP contribution in [-0.4, -0.2) is 31.3 Å². The van der Waals surface area contributed by atoms with Gasteiger partial charge in [0.15, 0.2) is 0 Å². The molecule has 1 aliphatic rings. The van der Waals surface area contributed by atoms with E-state index in [0.29, 0.717) is 17.7 Å². The number of phenols is 1. The molecule has 0 aliphatic heterocycles. The lowest BCUT2D eigenvalue weighted by Crippen LogP contribution is -2.49. The van der Waals surface area contributed by atoms with Gasteiger partial charge >= 0.3 is 0 Å². The number of nitrogens with one attached hydrogen (secondary N) is 2. The molecule has 3 atom stereocenters. The van der Waals surface area contributed by atoms with Gasteiger partial charge in [-0.1, -0.05) is 20.8 Å². The van der Waals surface area contributed by atoms with Crippen LogP contribution in [0.5, 0.6) is 11.5 Å². The standard InChI is InChI=1S/C18H30N2O2/c1-5-9-19-17-12(3)11-13-14(21)7-8-15(22-4)16(13)18(17)20-10-6-2/h7-8,12,17-21H,5-6,9-11H2,1-4H3. The van der Waals surface area contributed by atoms with E-state index in [1.54, 1.807) is 13.2 Å². The molecular weight excluding hydrogens is 276 g/mol. The van der Waals surface area contributed by atoms with Gasteiger partial charge in [0.2, 0.25) is 0 Å². The molecule has 4 nitrogen and oxygen atoms in total. The van der Waals surface area contributed by atoms with Crippen molar-refractivity contribution in [2.75, 3.05) is 20.2 Å². The van der Waals surface area contributed by atoms with Crippen LogP contribution in [0.15, 0.2) is 12.1 Å². The van der Waals surface area contributed by atoms with E-state index in [1.807, 2.05) is 6.07 Å². The Hall–Kier alpha value is -1.26. The van der Waals surface area contributed by atoms with Crippen LogP contribution < -0.4 is 15.4 Å². The Balaban J connectivity index is 2.43. The van der Waals surface area contributed by atoms with Crippen LogP contribution in [-0.2, 0) is 6.42 Å². The molecule has 0 bridgehead atoms. The summed E-state index contributed by atoms with van der Waals surface area (Å²) >= 11 is 0. The Labute approximate surface area is 134 Å². The zero-order valence-electron chi connectivity index (χ0n) is 14.3. The van der Waals surface area contributed by atoms with Gasteiger partial charge in [0.25, 0.3) is 0 Å². The van der Waals surface area contributed by atoms with Gasteiger partial charge in [-0.25, -0.2) is 0 Å². The maximum absolute atomic E-state index is 10.3. The van der Waals surface area contributed by atoms with Crippen LogP contribution in [0.4, 0.5) is 0 Å². The quantitative estimate of drug-likeness (QED) is 0.725. The average Bonchev–Trinajstić information content (AvgIpc) is 2.52. The van der Waals surface area contributed by atoms with Crippen LogP contribution >= 0.6 is 0 Å². The fraction of sp³-hybridized carbons (Fsp3) is 0.667. The van der Waals surface area contributed by atoms with Crippen LogP contribution in [0.2, 0.25) is 0 Å². The van der Waals surface area contributed by atoms with Crippen LogP contribution in [0.25, 0.3) is 0 Å². The molecule has 0 fully saturated rings. The number of methoxy groups -OCH3 is 1. The summed E-state index contributed by atoms with van der Waals surface area (Å²) in [6.07, 6.45) is 3.08. The Kier molecular flexibility index (Phi) is 6.09. The van der Waals surface area contributed by atoms with E-state index in [0.717, 1.165) is 49.2 Å². The summed E-state index contributed by atoms with van der Waals surface area (Å²) in [5.41, 5.74) is 2.16. The van der Waals surface area contributed by atoms with Gasteiger partial charge in [-0.3, -0.25) is 0 Å². The summed E-state index contributed by atoms with van der Waals surface area (Å²) in [6.45, 7) is 8.59. The number of ether oxygens (including phenoxy) is 1. The third-order valence-corrected chi connectivity index (χ3v) is 4.57. The van der Waals surface area contributed by atoms with Crippen molar-refractivity contribution in [2.45, 2.75) is 52.1 Å². The Morgan fingerprint density at radius 2 is 1.86 bits per heavy atom. The largest absolute Gasteiger partial charge is 0.508 e. The highest BCUT2D eigenvalue weighted by Gasteiger charge is 2.37. The maximum Gasteiger partial charge on any atom is 0.124 e. The predicted molar refractivity (Wildman–Crippen MR) is 90.6 cm³/mol. The monoisotopic (exact) mass is 306 g/mol. The molecule has 3 N–H and O–H groups in total. The summed E-state index contributed by atoms with van der Waals surface area (Å²) < 4.78 is 5.59. The fourth-order valence-corrected chi connectivity index (χ4v) is 3.48. The molecule has 0 amide bonds. The normalized spacial score (nSPS) is 24.1. The molecule has 1 aliphatic carbocycles. The van der Waals surface area contributed by atoms with E-state index >= 15 is 0 Å². The lowest BCUT2D eigenvalue weighted by molar-refractivity contribution is 0.259. The lowest BCUT2D eigenvalue weighted by atomic mass is 9.76. The van der Waals surface area contributed by atoms with E-state index in [1.165, 1.54) is 0 Å². The number of aromatic hydroxyl groups is 1. The zero-order valence-corrected chi connectivity index (χ0v) is 14.3. The van der Waals surface area contributed by atoms with Crippen molar-refractivity contribution < 1.29 is 9.84 Å². The number of phenolic OH excluding ortho intramolecular Hbond substituents is 1. The average molecular weight is 306 g/mol. The molecule has 0 saturated heterocycles. The summed E-state index contributed by atoms with van der Waals surface area (Å²) in [5, 5.41) is 17.7. The molecule has 4 heteroatoms. The van der Waals surface area contributed by atoms with Gasteiger partial charge in [0.05, 0.1) is 13.2 Å². The number of hydrogen-bond acceptors (Lipinski definition) is 4. The molecule has 0 radical (unpaired) electrons. The molecule has 0 spiro atoms. The second-order valence-electron chi connectivity index (χ2n) is 6.27. The van der Waals surface area contributed by atoms with Crippen LogP contribution in [0.1, 0.15) is 50.8 Å². The highest BCUT2D eigenvalue weighted by atomic mass is 16.5. The first-order valence-electron chi connectivity index (χ1n) is 8.49. The van der Waals surface area contributed by atoms with E-state index in [-0.39, 0.29) is 6.04 Å². The predicted octanol–water partition coefficient (Wildman–Crippen LogP) is 3.00. The number of fused-ring (bicyclic) bond motifs is 1. The SMILES string of the molecule is CCCNC1c2c(OC)ccc(O)c2CC(C)C1NCCC. The number of benzene rings is 1. The second kappa shape index (κ2) is 7.84. The van der Waals surface area contributed by atoms with Crippen molar-refractivity contribution in [1.82, 2.24) is 10.6 Å². The van der Waals surface area contributed by atoms with Crippen LogP contribution in [0.3, 0.4) is 0 Å². The molecule has 3 unspecified atom stereocenters. The Bertz CT molecular complexity index is 490. The first-order chi connectivity index (χ1) is 10.6. The minimum atomic E-state index is 0.173. The molecule has 22 heavy (non-hydrogen) atoms. The number of hydrogen-bond donors (Lipinski definition) is 3. The molecule has 0 heterocycles. The highest BCUT2D eigenvalue weighted by Crippen LogP contribution is 2.42. The molecule has 0 aromatic heterocycles. The zero-order chi connectivity index (χ0) is 16.1.